The van der Waals surface area contributed by atoms with E-state index in [0.717, 1.165) is 44.9 Å². The fourth-order valence-electron chi connectivity index (χ4n) is 8.28. The topological polar surface area (TPSA) is 110 Å². The maximum atomic E-state index is 12.6. The van der Waals surface area contributed by atoms with Crippen LogP contribution >= 0.6 is 0 Å². The molecule has 0 aromatic carbocycles. The van der Waals surface area contributed by atoms with Crippen molar-refractivity contribution in [1.82, 2.24) is 5.32 Å². The third-order valence-electron chi connectivity index (χ3n) is 12.4. The zero-order valence-electron chi connectivity index (χ0n) is 39.5. The summed E-state index contributed by atoms with van der Waals surface area (Å²) in [5.41, 5.74) is 0. The van der Waals surface area contributed by atoms with Crippen LogP contribution in [-0.4, -0.2) is 57.3 Å². The van der Waals surface area contributed by atoms with Crippen molar-refractivity contribution in [3.63, 3.8) is 0 Å². The lowest BCUT2D eigenvalue weighted by atomic mass is 9.99. The Hall–Kier alpha value is -1.21. The Labute approximate surface area is 367 Å². The Bertz CT molecular complexity index is 893. The summed E-state index contributed by atoms with van der Waals surface area (Å²) in [6.45, 7) is 4.05. The lowest BCUT2D eigenvalue weighted by Gasteiger charge is -2.27. The molecule has 0 aliphatic heterocycles. The number of amides is 1. The lowest BCUT2D eigenvalue weighted by Crippen LogP contribution is -2.53. The van der Waals surface area contributed by atoms with Crippen molar-refractivity contribution < 1.29 is 25.2 Å². The largest absolute Gasteiger partial charge is 0.394 e. The molecule has 0 aromatic heterocycles. The summed E-state index contributed by atoms with van der Waals surface area (Å²) in [7, 11) is 0. The van der Waals surface area contributed by atoms with Crippen molar-refractivity contribution in [1.29, 1.82) is 0 Å². The normalized spacial score (nSPS) is 14.1. The van der Waals surface area contributed by atoms with Gasteiger partial charge in [0, 0.05) is 0 Å². The van der Waals surface area contributed by atoms with E-state index >= 15 is 0 Å². The Morgan fingerprint density at radius 2 is 0.712 bits per heavy atom. The summed E-state index contributed by atoms with van der Waals surface area (Å²) in [6, 6.07) is -0.987. The molecule has 0 heterocycles. The van der Waals surface area contributed by atoms with Gasteiger partial charge in [0.2, 0.25) is 5.91 Å². The van der Waals surface area contributed by atoms with Crippen molar-refractivity contribution in [3.05, 3.63) is 24.3 Å². The van der Waals surface area contributed by atoms with E-state index in [1.54, 1.807) is 0 Å². The molecule has 1 amide bonds. The van der Waals surface area contributed by atoms with Gasteiger partial charge >= 0.3 is 0 Å². The maximum Gasteiger partial charge on any atom is 0.249 e. The first-order chi connectivity index (χ1) is 29.0. The van der Waals surface area contributed by atoms with Crippen LogP contribution in [0.5, 0.6) is 0 Å². The summed E-state index contributed by atoms with van der Waals surface area (Å²) < 4.78 is 0. The number of carbonyl (C=O) groups excluding carboxylic acids is 1. The smallest absolute Gasteiger partial charge is 0.249 e. The summed E-state index contributed by atoms with van der Waals surface area (Å²) >= 11 is 0. The van der Waals surface area contributed by atoms with Gasteiger partial charge in [-0.05, 0) is 38.5 Å². The molecule has 0 fully saturated rings. The molecule has 4 atom stereocenters. The van der Waals surface area contributed by atoms with Gasteiger partial charge in [-0.3, -0.25) is 4.79 Å². The van der Waals surface area contributed by atoms with Crippen LogP contribution in [-0.2, 0) is 4.79 Å². The second kappa shape index (κ2) is 47.8. The number of hydrogen-bond donors (Lipinski definition) is 5. The monoisotopic (exact) mass is 834 g/mol. The number of aliphatic hydroxyl groups is 4. The van der Waals surface area contributed by atoms with Crippen LogP contribution in [0.15, 0.2) is 24.3 Å². The van der Waals surface area contributed by atoms with Crippen LogP contribution in [0.2, 0.25) is 0 Å². The molecule has 0 aliphatic carbocycles. The minimum absolute atomic E-state index is 0.365. The lowest BCUT2D eigenvalue weighted by molar-refractivity contribution is -0.132. The predicted octanol–water partition coefficient (Wildman–Crippen LogP) is 14.7. The molecule has 0 saturated carbocycles. The second-order valence-corrected chi connectivity index (χ2v) is 18.3. The van der Waals surface area contributed by atoms with E-state index < -0.39 is 36.9 Å². The zero-order chi connectivity index (χ0) is 43.1. The predicted molar refractivity (Wildman–Crippen MR) is 256 cm³/mol. The Morgan fingerprint density at radius 3 is 1.07 bits per heavy atom. The van der Waals surface area contributed by atoms with Gasteiger partial charge in [-0.2, -0.15) is 0 Å². The molecule has 0 aliphatic rings. The van der Waals surface area contributed by atoms with Crippen LogP contribution in [0, 0.1) is 0 Å². The first-order valence-electron chi connectivity index (χ1n) is 26.2. The zero-order valence-corrected chi connectivity index (χ0v) is 39.5. The molecular weight excluding hydrogens is 731 g/mol. The summed E-state index contributed by atoms with van der Waals surface area (Å²) in [4.78, 5) is 12.6. The van der Waals surface area contributed by atoms with Crippen LogP contribution < -0.4 is 5.32 Å². The molecule has 0 rings (SSSR count). The Kier molecular flexibility index (Phi) is 46.9. The van der Waals surface area contributed by atoms with E-state index in [1.165, 1.54) is 205 Å². The number of rotatable bonds is 48. The SMILES string of the molecule is CCCCC/C=C\C=C/CCCCCCCCCCCC(O)C(=O)NC(CO)C(O)C(O)CCCCCCCCCCCCCCCCCCCCCCCCCCC. The van der Waals surface area contributed by atoms with Crippen molar-refractivity contribution in [3.8, 4) is 0 Å². The summed E-state index contributed by atoms with van der Waals surface area (Å²) in [5, 5.41) is 43.9. The van der Waals surface area contributed by atoms with Crippen molar-refractivity contribution in [2.24, 2.45) is 0 Å². The van der Waals surface area contributed by atoms with Gasteiger partial charge in [0.1, 0.15) is 12.2 Å². The number of hydrogen-bond acceptors (Lipinski definition) is 5. The minimum atomic E-state index is -1.26. The highest BCUT2D eigenvalue weighted by molar-refractivity contribution is 5.80. The Morgan fingerprint density at radius 1 is 0.424 bits per heavy atom. The molecule has 59 heavy (non-hydrogen) atoms. The highest BCUT2D eigenvalue weighted by Crippen LogP contribution is 2.18. The highest BCUT2D eigenvalue weighted by Gasteiger charge is 2.28. The van der Waals surface area contributed by atoms with E-state index in [9.17, 15) is 25.2 Å². The van der Waals surface area contributed by atoms with Crippen LogP contribution in [0.3, 0.4) is 0 Å². The molecule has 350 valence electrons. The van der Waals surface area contributed by atoms with Crippen molar-refractivity contribution in [2.75, 3.05) is 6.61 Å². The van der Waals surface area contributed by atoms with Gasteiger partial charge in [0.05, 0.1) is 18.8 Å². The molecule has 0 saturated heterocycles. The number of nitrogens with one attached hydrogen (secondary N) is 1. The van der Waals surface area contributed by atoms with E-state index in [-0.39, 0.29) is 0 Å². The van der Waals surface area contributed by atoms with Gasteiger partial charge < -0.3 is 25.7 Å². The number of aliphatic hydroxyl groups excluding tert-OH is 4. The molecule has 5 N–H and O–H groups in total. The van der Waals surface area contributed by atoms with E-state index in [0.29, 0.717) is 12.8 Å². The molecule has 4 unspecified atom stereocenters. The van der Waals surface area contributed by atoms with Gasteiger partial charge in [-0.15, -0.1) is 0 Å². The molecule has 0 aromatic rings. The number of unbranched alkanes of at least 4 members (excludes halogenated alkanes) is 36. The summed E-state index contributed by atoms with van der Waals surface area (Å²) in [5.74, 6) is -0.585. The third kappa shape index (κ3) is 41.9. The van der Waals surface area contributed by atoms with Gasteiger partial charge in [0.15, 0.2) is 0 Å². The Balaban J connectivity index is 3.63. The molecular formula is C53H103NO5. The highest BCUT2D eigenvalue weighted by atomic mass is 16.3. The van der Waals surface area contributed by atoms with Crippen LogP contribution in [0.1, 0.15) is 277 Å². The van der Waals surface area contributed by atoms with Crippen molar-refractivity contribution in [2.45, 2.75) is 301 Å². The second-order valence-electron chi connectivity index (χ2n) is 18.3. The van der Waals surface area contributed by atoms with Gasteiger partial charge in [-0.25, -0.2) is 0 Å². The van der Waals surface area contributed by atoms with Gasteiger partial charge in [0.25, 0.3) is 0 Å². The number of carbonyl (C=O) groups is 1. The third-order valence-corrected chi connectivity index (χ3v) is 12.4. The fraction of sp³-hybridized carbons (Fsp3) is 0.906. The molecule has 0 bridgehead atoms. The maximum absolute atomic E-state index is 12.6. The summed E-state index contributed by atoms with van der Waals surface area (Å²) in [6.07, 6.45) is 56.5. The molecule has 6 heteroatoms. The quantitative estimate of drug-likeness (QED) is 0.0310. The average Bonchev–Trinajstić information content (AvgIpc) is 3.24. The minimum Gasteiger partial charge on any atom is -0.394 e. The van der Waals surface area contributed by atoms with Gasteiger partial charge in [-0.1, -0.05) is 263 Å². The number of allylic oxidation sites excluding steroid dienone is 4. The van der Waals surface area contributed by atoms with Crippen LogP contribution in [0.25, 0.3) is 0 Å². The molecule has 0 radical (unpaired) electrons. The molecule has 6 nitrogen and oxygen atoms in total. The van der Waals surface area contributed by atoms with Crippen molar-refractivity contribution >= 4 is 5.91 Å². The first-order valence-corrected chi connectivity index (χ1v) is 26.2. The fourth-order valence-corrected chi connectivity index (χ4v) is 8.28. The van der Waals surface area contributed by atoms with E-state index in [4.69, 9.17) is 0 Å². The first kappa shape index (κ1) is 57.8. The average molecular weight is 834 g/mol. The molecule has 0 spiro atoms. The van der Waals surface area contributed by atoms with E-state index in [2.05, 4.69) is 43.5 Å². The standard InChI is InChI=1S/C53H103NO5/c1-3-5-7-9-11-13-15-17-19-21-23-24-25-26-27-28-29-31-32-34-36-38-40-42-44-46-50(56)52(58)49(48-55)54-53(59)51(57)47-45-43-41-39-37-35-33-30-22-20-18-16-14-12-10-8-6-4-2/h12,14,16,18,49-52,55-58H,3-11,13,15,17,19-48H2,1-2H3,(H,54,59)/b14-12-,18-16-. The van der Waals surface area contributed by atoms with E-state index in [1.807, 2.05) is 0 Å². The van der Waals surface area contributed by atoms with Crippen LogP contribution in [0.4, 0.5) is 0 Å².